The van der Waals surface area contributed by atoms with Crippen molar-refractivity contribution in [3.63, 3.8) is 0 Å². The third-order valence-corrected chi connectivity index (χ3v) is 1.66. The first-order valence-corrected chi connectivity index (χ1v) is 4.29. The van der Waals surface area contributed by atoms with E-state index in [0.717, 1.165) is 0 Å². The molecule has 0 aliphatic carbocycles. The van der Waals surface area contributed by atoms with Crippen LogP contribution >= 0.6 is 0 Å². The van der Waals surface area contributed by atoms with Gasteiger partial charge in [-0.3, -0.25) is 0 Å². The number of esters is 1. The molecule has 1 aromatic heterocycles. The second-order valence-electron chi connectivity index (χ2n) is 2.81. The first kappa shape index (κ1) is 12.3. The Morgan fingerprint density at radius 3 is 2.62 bits per heavy atom. The molecular formula is C9H8F3NO3. The lowest BCUT2D eigenvalue weighted by Gasteiger charge is -2.08. The summed E-state index contributed by atoms with van der Waals surface area (Å²) in [6, 6.07) is 0.430. The molecule has 0 saturated carbocycles. The lowest BCUT2D eigenvalue weighted by Crippen LogP contribution is -2.10. The van der Waals surface area contributed by atoms with E-state index in [1.54, 1.807) is 0 Å². The zero-order valence-electron chi connectivity index (χ0n) is 8.21. The lowest BCUT2D eigenvalue weighted by atomic mass is 10.2. The van der Waals surface area contributed by atoms with Crippen molar-refractivity contribution >= 4 is 5.97 Å². The van der Waals surface area contributed by atoms with E-state index >= 15 is 0 Å². The van der Waals surface area contributed by atoms with Crippen molar-refractivity contribution in [3.8, 4) is 5.75 Å². The van der Waals surface area contributed by atoms with Gasteiger partial charge in [-0.05, 0) is 13.0 Å². The van der Waals surface area contributed by atoms with E-state index in [2.05, 4.69) is 9.72 Å². The largest absolute Gasteiger partial charge is 0.505 e. The Kier molecular flexibility index (Phi) is 3.36. The lowest BCUT2D eigenvalue weighted by molar-refractivity contribution is -0.138. The Morgan fingerprint density at radius 1 is 1.56 bits per heavy atom. The van der Waals surface area contributed by atoms with Gasteiger partial charge in [0, 0.05) is 6.20 Å². The number of carbonyl (C=O) groups is 1. The third-order valence-electron chi connectivity index (χ3n) is 1.66. The summed E-state index contributed by atoms with van der Waals surface area (Å²) < 4.78 is 41.0. The molecule has 1 aromatic rings. The van der Waals surface area contributed by atoms with Gasteiger partial charge in [0.15, 0.2) is 5.69 Å². The Hall–Kier alpha value is -1.79. The van der Waals surface area contributed by atoms with Gasteiger partial charge >= 0.3 is 12.1 Å². The molecular weight excluding hydrogens is 227 g/mol. The fraction of sp³-hybridized carbons (Fsp3) is 0.333. The standard InChI is InChI=1S/C9H8F3NO3/c1-2-16-8(15)7-6(14)3-5(4-13-7)9(10,11)12/h3-4,14H,2H2,1H3. The van der Waals surface area contributed by atoms with Crippen LogP contribution in [0.5, 0.6) is 5.75 Å². The molecule has 1 rings (SSSR count). The number of halogens is 3. The topological polar surface area (TPSA) is 59.4 Å². The molecule has 1 N–H and O–H groups in total. The number of pyridine rings is 1. The van der Waals surface area contributed by atoms with E-state index in [1.807, 2.05) is 0 Å². The predicted octanol–water partition coefficient (Wildman–Crippen LogP) is 1.98. The van der Waals surface area contributed by atoms with Gasteiger partial charge < -0.3 is 9.84 Å². The van der Waals surface area contributed by atoms with E-state index in [0.29, 0.717) is 12.3 Å². The minimum atomic E-state index is -4.61. The zero-order chi connectivity index (χ0) is 12.3. The number of hydrogen-bond acceptors (Lipinski definition) is 4. The molecule has 0 unspecified atom stereocenters. The molecule has 0 fully saturated rings. The number of nitrogens with zero attached hydrogens (tertiary/aromatic N) is 1. The monoisotopic (exact) mass is 235 g/mol. The number of aromatic nitrogens is 1. The Bertz CT molecular complexity index is 403. The second kappa shape index (κ2) is 4.38. The van der Waals surface area contributed by atoms with Gasteiger partial charge in [-0.1, -0.05) is 0 Å². The molecule has 0 aliphatic heterocycles. The Labute approximate surface area is 88.7 Å². The molecule has 0 aliphatic rings. The number of hydrogen-bond donors (Lipinski definition) is 1. The van der Waals surface area contributed by atoms with Crippen molar-refractivity contribution in [2.45, 2.75) is 13.1 Å². The number of ether oxygens (including phenoxy) is 1. The highest BCUT2D eigenvalue weighted by Crippen LogP contribution is 2.31. The maximum atomic E-state index is 12.2. The number of alkyl halides is 3. The highest BCUT2D eigenvalue weighted by Gasteiger charge is 2.32. The van der Waals surface area contributed by atoms with Crippen LogP contribution in [0.2, 0.25) is 0 Å². The molecule has 16 heavy (non-hydrogen) atoms. The fourth-order valence-corrected chi connectivity index (χ4v) is 0.965. The van der Waals surface area contributed by atoms with E-state index in [4.69, 9.17) is 0 Å². The molecule has 0 spiro atoms. The molecule has 0 saturated heterocycles. The van der Waals surface area contributed by atoms with E-state index < -0.39 is 29.2 Å². The third kappa shape index (κ3) is 2.62. The van der Waals surface area contributed by atoms with Crippen LogP contribution in [0.4, 0.5) is 13.2 Å². The van der Waals surface area contributed by atoms with Crippen molar-refractivity contribution in [2.24, 2.45) is 0 Å². The summed E-state index contributed by atoms with van der Waals surface area (Å²) in [5, 5.41) is 9.19. The van der Waals surface area contributed by atoms with Gasteiger partial charge in [0.2, 0.25) is 0 Å². The van der Waals surface area contributed by atoms with Gasteiger partial charge in [-0.2, -0.15) is 13.2 Å². The van der Waals surface area contributed by atoms with Crippen LogP contribution in [0.3, 0.4) is 0 Å². The van der Waals surface area contributed by atoms with Crippen LogP contribution < -0.4 is 0 Å². The van der Waals surface area contributed by atoms with Crippen molar-refractivity contribution in [3.05, 3.63) is 23.5 Å². The smallest absolute Gasteiger partial charge is 0.418 e. The van der Waals surface area contributed by atoms with E-state index in [9.17, 15) is 23.1 Å². The summed E-state index contributed by atoms with van der Waals surface area (Å²) in [4.78, 5) is 14.3. The normalized spacial score (nSPS) is 11.2. The number of rotatable bonds is 2. The van der Waals surface area contributed by atoms with Crippen LogP contribution in [0, 0.1) is 0 Å². The van der Waals surface area contributed by atoms with Gasteiger partial charge in [0.25, 0.3) is 0 Å². The van der Waals surface area contributed by atoms with Crippen LogP contribution in [0.1, 0.15) is 23.0 Å². The minimum Gasteiger partial charge on any atom is -0.505 e. The zero-order valence-corrected chi connectivity index (χ0v) is 8.21. The average Bonchev–Trinajstić information content (AvgIpc) is 2.16. The van der Waals surface area contributed by atoms with Crippen LogP contribution in [-0.2, 0) is 10.9 Å². The van der Waals surface area contributed by atoms with Gasteiger partial charge in [-0.15, -0.1) is 0 Å². The maximum Gasteiger partial charge on any atom is 0.418 e. The summed E-state index contributed by atoms with van der Waals surface area (Å²) in [6.45, 7) is 1.57. The number of aromatic hydroxyl groups is 1. The van der Waals surface area contributed by atoms with E-state index in [-0.39, 0.29) is 6.61 Å². The SMILES string of the molecule is CCOC(=O)c1ncc(C(F)(F)F)cc1O. The first-order valence-electron chi connectivity index (χ1n) is 4.29. The Morgan fingerprint density at radius 2 is 2.19 bits per heavy atom. The molecule has 7 heteroatoms. The minimum absolute atomic E-state index is 0.0426. The Balaban J connectivity index is 3.05. The first-order chi connectivity index (χ1) is 7.36. The molecule has 0 amide bonds. The summed E-state index contributed by atoms with van der Waals surface area (Å²) in [6.07, 6.45) is -4.15. The molecule has 0 bridgehead atoms. The van der Waals surface area contributed by atoms with Crippen LogP contribution in [0.25, 0.3) is 0 Å². The van der Waals surface area contributed by atoms with Gasteiger partial charge in [0.1, 0.15) is 5.75 Å². The van der Waals surface area contributed by atoms with Crippen molar-refractivity contribution in [1.29, 1.82) is 0 Å². The van der Waals surface area contributed by atoms with E-state index in [1.165, 1.54) is 6.92 Å². The predicted molar refractivity (Wildman–Crippen MR) is 46.9 cm³/mol. The highest BCUT2D eigenvalue weighted by molar-refractivity contribution is 5.90. The molecule has 0 atom stereocenters. The number of carbonyl (C=O) groups excluding carboxylic acids is 1. The molecule has 4 nitrogen and oxygen atoms in total. The quantitative estimate of drug-likeness (QED) is 0.796. The van der Waals surface area contributed by atoms with Crippen molar-refractivity contribution < 1.29 is 27.8 Å². The summed E-state index contributed by atoms with van der Waals surface area (Å²) >= 11 is 0. The highest BCUT2D eigenvalue weighted by atomic mass is 19.4. The van der Waals surface area contributed by atoms with Gasteiger partial charge in [0.05, 0.1) is 12.2 Å². The summed E-state index contributed by atoms with van der Waals surface area (Å²) in [7, 11) is 0. The maximum absolute atomic E-state index is 12.2. The van der Waals surface area contributed by atoms with Crippen LogP contribution in [-0.4, -0.2) is 22.7 Å². The molecule has 0 radical (unpaired) electrons. The second-order valence-corrected chi connectivity index (χ2v) is 2.81. The fourth-order valence-electron chi connectivity index (χ4n) is 0.965. The van der Waals surface area contributed by atoms with Crippen molar-refractivity contribution in [1.82, 2.24) is 4.98 Å². The molecule has 1 heterocycles. The molecule has 88 valence electrons. The van der Waals surface area contributed by atoms with Crippen molar-refractivity contribution in [2.75, 3.05) is 6.61 Å². The van der Waals surface area contributed by atoms with Gasteiger partial charge in [-0.25, -0.2) is 9.78 Å². The summed E-state index contributed by atoms with van der Waals surface area (Å²) in [5.74, 6) is -1.82. The average molecular weight is 235 g/mol. The summed E-state index contributed by atoms with van der Waals surface area (Å²) in [5.41, 5.74) is -1.66. The van der Waals surface area contributed by atoms with Crippen LogP contribution in [0.15, 0.2) is 12.3 Å². The molecule has 0 aromatic carbocycles.